The van der Waals surface area contributed by atoms with E-state index in [9.17, 15) is 14.4 Å². The van der Waals surface area contributed by atoms with E-state index in [2.05, 4.69) is 11.2 Å². The maximum atomic E-state index is 12.5. The lowest BCUT2D eigenvalue weighted by atomic mass is 10.1. The van der Waals surface area contributed by atoms with E-state index >= 15 is 0 Å². The summed E-state index contributed by atoms with van der Waals surface area (Å²) in [5.41, 5.74) is 0.273. The van der Waals surface area contributed by atoms with Gasteiger partial charge in [0.05, 0.1) is 6.61 Å². The standard InChI is InChI=1S/C25H37N3O6/c1-5-7-15-28-24(30)23(26-27(4)25(28)31)32-16-10-8-9-12-20-13-11-14-21(17-20)34-19(3)18-33-22(29)6-2/h11,13-14,17,19H,5-10,12,15-16,18H2,1-4H3. The number of unbranched alkanes of at least 4 members (excludes halogenated alkanes) is 3. The average molecular weight is 476 g/mol. The van der Waals surface area contributed by atoms with Gasteiger partial charge in [0.2, 0.25) is 0 Å². The number of benzene rings is 1. The van der Waals surface area contributed by atoms with Gasteiger partial charge in [-0.25, -0.2) is 9.48 Å². The van der Waals surface area contributed by atoms with Crippen molar-refractivity contribution in [3.05, 3.63) is 50.7 Å². The van der Waals surface area contributed by atoms with E-state index in [0.717, 1.165) is 54.5 Å². The highest BCUT2D eigenvalue weighted by molar-refractivity contribution is 5.68. The second-order valence-electron chi connectivity index (χ2n) is 8.29. The van der Waals surface area contributed by atoms with Gasteiger partial charge in [-0.1, -0.05) is 32.4 Å². The molecule has 0 bridgehead atoms. The van der Waals surface area contributed by atoms with Gasteiger partial charge >= 0.3 is 17.2 Å². The van der Waals surface area contributed by atoms with Gasteiger partial charge < -0.3 is 14.2 Å². The molecule has 0 saturated heterocycles. The molecule has 0 amide bonds. The number of aromatic nitrogens is 3. The van der Waals surface area contributed by atoms with Crippen molar-refractivity contribution >= 4 is 5.97 Å². The molecule has 0 aliphatic carbocycles. The lowest BCUT2D eigenvalue weighted by molar-refractivity contribution is -0.145. The molecule has 0 saturated carbocycles. The maximum absolute atomic E-state index is 12.5. The van der Waals surface area contributed by atoms with E-state index in [1.165, 1.54) is 11.6 Å². The van der Waals surface area contributed by atoms with Crippen LogP contribution in [0.1, 0.15) is 64.9 Å². The van der Waals surface area contributed by atoms with Gasteiger partial charge in [-0.3, -0.25) is 14.2 Å². The van der Waals surface area contributed by atoms with Crippen LogP contribution in [-0.2, 0) is 29.5 Å². The Balaban J connectivity index is 1.76. The third kappa shape index (κ3) is 8.68. The molecule has 1 heterocycles. The fourth-order valence-corrected chi connectivity index (χ4v) is 3.33. The van der Waals surface area contributed by atoms with Gasteiger partial charge in [0.1, 0.15) is 18.5 Å². The fourth-order valence-electron chi connectivity index (χ4n) is 3.33. The minimum Gasteiger partial charge on any atom is -0.487 e. The van der Waals surface area contributed by atoms with E-state index < -0.39 is 11.2 Å². The number of carbonyl (C=O) groups excluding carboxylic acids is 1. The Hall–Kier alpha value is -3.10. The van der Waals surface area contributed by atoms with Gasteiger partial charge in [-0.05, 0) is 56.7 Å². The number of esters is 1. The van der Waals surface area contributed by atoms with Crippen molar-refractivity contribution in [1.29, 1.82) is 0 Å². The first kappa shape index (κ1) is 27.1. The molecular weight excluding hydrogens is 438 g/mol. The SMILES string of the molecule is CCCCn1c(=O)c(OCCCCCc2cccc(OC(C)COC(=O)CC)c2)nn(C)c1=O. The quantitative estimate of drug-likeness (QED) is 0.288. The molecule has 34 heavy (non-hydrogen) atoms. The number of hydrogen-bond donors (Lipinski definition) is 0. The van der Waals surface area contributed by atoms with Crippen LogP contribution in [0.5, 0.6) is 11.6 Å². The van der Waals surface area contributed by atoms with Gasteiger partial charge in [0.25, 0.3) is 5.88 Å². The smallest absolute Gasteiger partial charge is 0.347 e. The lowest BCUT2D eigenvalue weighted by Crippen LogP contribution is -2.41. The highest BCUT2D eigenvalue weighted by Crippen LogP contribution is 2.17. The van der Waals surface area contributed by atoms with Crippen molar-refractivity contribution in [2.45, 2.75) is 78.4 Å². The summed E-state index contributed by atoms with van der Waals surface area (Å²) in [6.07, 6.45) is 5.30. The molecule has 1 unspecified atom stereocenters. The van der Waals surface area contributed by atoms with Crippen molar-refractivity contribution < 1.29 is 19.0 Å². The van der Waals surface area contributed by atoms with Crippen LogP contribution in [0.3, 0.4) is 0 Å². The highest BCUT2D eigenvalue weighted by atomic mass is 16.6. The molecule has 2 aromatic rings. The molecule has 0 aliphatic heterocycles. The first-order valence-corrected chi connectivity index (χ1v) is 12.1. The van der Waals surface area contributed by atoms with Crippen molar-refractivity contribution in [2.24, 2.45) is 7.05 Å². The molecule has 2 rings (SSSR count). The Morgan fingerprint density at radius 3 is 2.65 bits per heavy atom. The summed E-state index contributed by atoms with van der Waals surface area (Å²) in [4.78, 5) is 35.9. The molecule has 9 heteroatoms. The zero-order chi connectivity index (χ0) is 24.9. The largest absolute Gasteiger partial charge is 0.487 e. The van der Waals surface area contributed by atoms with Crippen molar-refractivity contribution in [3.63, 3.8) is 0 Å². The van der Waals surface area contributed by atoms with Gasteiger partial charge in [-0.15, -0.1) is 5.10 Å². The Bertz CT molecular complexity index is 1030. The normalized spacial score (nSPS) is 11.8. The maximum Gasteiger partial charge on any atom is 0.347 e. The van der Waals surface area contributed by atoms with Crippen LogP contribution in [0.15, 0.2) is 33.9 Å². The van der Waals surface area contributed by atoms with Crippen LogP contribution in [0.2, 0.25) is 0 Å². The summed E-state index contributed by atoms with van der Waals surface area (Å²) in [5.74, 6) is 0.491. The number of nitrogens with zero attached hydrogens (tertiary/aromatic N) is 3. The van der Waals surface area contributed by atoms with Crippen molar-refractivity contribution in [1.82, 2.24) is 14.3 Å². The van der Waals surface area contributed by atoms with Crippen LogP contribution in [-0.4, -0.2) is 39.6 Å². The van der Waals surface area contributed by atoms with E-state index in [4.69, 9.17) is 14.2 Å². The van der Waals surface area contributed by atoms with Crippen LogP contribution < -0.4 is 20.7 Å². The van der Waals surface area contributed by atoms with Crippen LogP contribution in [0.25, 0.3) is 0 Å². The third-order valence-electron chi connectivity index (χ3n) is 5.26. The summed E-state index contributed by atoms with van der Waals surface area (Å²) >= 11 is 0. The van der Waals surface area contributed by atoms with Gasteiger partial charge in [-0.2, -0.15) is 0 Å². The topological polar surface area (TPSA) is 102 Å². The molecule has 0 N–H and O–H groups in total. The molecule has 0 fully saturated rings. The summed E-state index contributed by atoms with van der Waals surface area (Å²) in [5, 5.41) is 3.97. The predicted octanol–water partition coefficient (Wildman–Crippen LogP) is 3.25. The first-order chi connectivity index (χ1) is 16.3. The number of aryl methyl sites for hydroxylation is 2. The summed E-state index contributed by atoms with van der Waals surface area (Å²) < 4.78 is 18.9. The summed E-state index contributed by atoms with van der Waals surface area (Å²) in [6, 6.07) is 7.90. The Morgan fingerprint density at radius 2 is 1.91 bits per heavy atom. The number of ether oxygens (including phenoxy) is 3. The van der Waals surface area contributed by atoms with E-state index in [1.807, 2.05) is 32.0 Å². The Labute approximate surface area is 200 Å². The lowest BCUT2D eigenvalue weighted by Gasteiger charge is -2.15. The van der Waals surface area contributed by atoms with Gasteiger partial charge in [0, 0.05) is 20.0 Å². The molecule has 1 aromatic heterocycles. The first-order valence-electron chi connectivity index (χ1n) is 12.1. The van der Waals surface area contributed by atoms with Crippen LogP contribution in [0.4, 0.5) is 0 Å². The highest BCUT2D eigenvalue weighted by Gasteiger charge is 2.12. The number of carbonyl (C=O) groups is 1. The number of hydrogen-bond acceptors (Lipinski definition) is 7. The second-order valence-corrected chi connectivity index (χ2v) is 8.29. The van der Waals surface area contributed by atoms with E-state index in [1.54, 1.807) is 6.92 Å². The molecule has 1 aromatic carbocycles. The second kappa shape index (κ2) is 14.2. The summed E-state index contributed by atoms with van der Waals surface area (Å²) in [7, 11) is 1.52. The van der Waals surface area contributed by atoms with Crippen LogP contribution >= 0.6 is 0 Å². The molecule has 0 aliphatic rings. The van der Waals surface area contributed by atoms with Gasteiger partial charge in [0.15, 0.2) is 0 Å². The average Bonchev–Trinajstić information content (AvgIpc) is 2.83. The molecular formula is C25H37N3O6. The van der Waals surface area contributed by atoms with E-state index in [-0.39, 0.29) is 24.6 Å². The molecule has 9 nitrogen and oxygen atoms in total. The predicted molar refractivity (Wildman–Crippen MR) is 129 cm³/mol. The third-order valence-corrected chi connectivity index (χ3v) is 5.26. The Morgan fingerprint density at radius 1 is 1.12 bits per heavy atom. The molecule has 1 atom stereocenters. The Kier molecular flexibility index (Phi) is 11.4. The minimum absolute atomic E-state index is 0.0261. The minimum atomic E-state index is -0.466. The van der Waals surface area contributed by atoms with Crippen molar-refractivity contribution in [3.8, 4) is 11.6 Å². The monoisotopic (exact) mass is 475 g/mol. The summed E-state index contributed by atoms with van der Waals surface area (Å²) in [6.45, 7) is 6.59. The number of rotatable bonds is 15. The zero-order valence-corrected chi connectivity index (χ0v) is 20.7. The van der Waals surface area contributed by atoms with Crippen LogP contribution in [0, 0.1) is 0 Å². The molecule has 0 spiro atoms. The zero-order valence-electron chi connectivity index (χ0n) is 20.7. The molecule has 0 radical (unpaired) electrons. The fraction of sp³-hybridized carbons (Fsp3) is 0.600. The van der Waals surface area contributed by atoms with E-state index in [0.29, 0.717) is 19.6 Å². The molecule has 188 valence electrons. The van der Waals surface area contributed by atoms with Crippen molar-refractivity contribution in [2.75, 3.05) is 13.2 Å².